The highest BCUT2D eigenvalue weighted by atomic mass is 32.1. The van der Waals surface area contributed by atoms with Gasteiger partial charge in [0.15, 0.2) is 0 Å². The van der Waals surface area contributed by atoms with Crippen molar-refractivity contribution in [2.45, 2.75) is 0 Å². The summed E-state index contributed by atoms with van der Waals surface area (Å²) in [5.41, 5.74) is 16.8. The first-order valence-corrected chi connectivity index (χ1v) is 22.4. The Kier molecular flexibility index (Phi) is 8.12. The molecular weight excluding hydrogens is 781 g/mol. The Morgan fingerprint density at radius 2 is 0.603 bits per heavy atom. The van der Waals surface area contributed by atoms with E-state index in [1.165, 1.54) is 114 Å². The highest BCUT2D eigenvalue weighted by molar-refractivity contribution is 7.25. The molecule has 2 nitrogen and oxygen atoms in total. The first kappa shape index (κ1) is 35.7. The SMILES string of the molecule is c1ccc(-c2ccc(-c3ccc4c(c3)c3cc(-c5ccc6c(c5)c5ccccc5n6-c5ccc6sc7ccccc7c6c5)ccc3n4-c3ccc(-c4ccccc4)cc3)cc2)cc1. The summed E-state index contributed by atoms with van der Waals surface area (Å²) in [6, 6.07) is 84.7. The van der Waals surface area contributed by atoms with Gasteiger partial charge in [0.25, 0.3) is 0 Å². The lowest BCUT2D eigenvalue weighted by Gasteiger charge is -2.11. The van der Waals surface area contributed by atoms with Crippen LogP contribution in [0.5, 0.6) is 0 Å². The number of aromatic nitrogens is 2. The molecule has 0 aliphatic rings. The van der Waals surface area contributed by atoms with Gasteiger partial charge in [-0.25, -0.2) is 0 Å². The minimum atomic E-state index is 1.14. The van der Waals surface area contributed by atoms with Gasteiger partial charge in [0.2, 0.25) is 0 Å². The molecule has 0 aliphatic carbocycles. The zero-order valence-electron chi connectivity index (χ0n) is 34.2. The lowest BCUT2D eigenvalue weighted by molar-refractivity contribution is 1.18. The van der Waals surface area contributed by atoms with Gasteiger partial charge in [0.05, 0.1) is 22.1 Å². The third-order valence-electron chi connectivity index (χ3n) is 12.9. The molecule has 0 radical (unpaired) electrons. The van der Waals surface area contributed by atoms with Crippen molar-refractivity contribution < 1.29 is 0 Å². The number of thiophene rings is 1. The molecule has 3 heterocycles. The quantitative estimate of drug-likeness (QED) is 0.158. The van der Waals surface area contributed by atoms with Crippen molar-refractivity contribution in [2.24, 2.45) is 0 Å². The van der Waals surface area contributed by atoms with E-state index in [9.17, 15) is 0 Å². The molecular formula is C60H38N2S. The van der Waals surface area contributed by atoms with Crippen LogP contribution >= 0.6 is 11.3 Å². The fourth-order valence-corrected chi connectivity index (χ4v) is 11.0. The third kappa shape index (κ3) is 5.85. The predicted molar refractivity (Wildman–Crippen MR) is 270 cm³/mol. The normalized spacial score (nSPS) is 11.8. The van der Waals surface area contributed by atoms with Gasteiger partial charge in [-0.15, -0.1) is 11.3 Å². The number of hydrogen-bond acceptors (Lipinski definition) is 1. The van der Waals surface area contributed by atoms with Crippen LogP contribution in [0.25, 0.3) is 120 Å². The van der Waals surface area contributed by atoms with Crippen molar-refractivity contribution >= 4 is 75.1 Å². The lowest BCUT2D eigenvalue weighted by Crippen LogP contribution is -1.94. The van der Waals surface area contributed by atoms with Crippen molar-refractivity contribution in [1.29, 1.82) is 0 Å². The minimum absolute atomic E-state index is 1.14. The Labute approximate surface area is 368 Å². The third-order valence-corrected chi connectivity index (χ3v) is 14.1. The Hall–Kier alpha value is -7.98. The van der Waals surface area contributed by atoms with Gasteiger partial charge in [0, 0.05) is 53.1 Å². The van der Waals surface area contributed by atoms with Crippen LogP contribution in [-0.2, 0) is 0 Å². The van der Waals surface area contributed by atoms with Gasteiger partial charge in [0.1, 0.15) is 0 Å². The van der Waals surface area contributed by atoms with Crippen LogP contribution in [0, 0.1) is 0 Å². The second-order valence-electron chi connectivity index (χ2n) is 16.5. The molecule has 13 rings (SSSR count). The van der Waals surface area contributed by atoms with Gasteiger partial charge < -0.3 is 9.13 Å². The molecule has 0 bridgehead atoms. The monoisotopic (exact) mass is 818 g/mol. The molecule has 0 unspecified atom stereocenters. The maximum Gasteiger partial charge on any atom is 0.0541 e. The minimum Gasteiger partial charge on any atom is -0.309 e. The fraction of sp³-hybridized carbons (Fsp3) is 0. The molecule has 63 heavy (non-hydrogen) atoms. The van der Waals surface area contributed by atoms with Crippen LogP contribution in [0.3, 0.4) is 0 Å². The van der Waals surface area contributed by atoms with Gasteiger partial charge in [-0.05, 0) is 123 Å². The maximum atomic E-state index is 2.44. The van der Waals surface area contributed by atoms with Crippen molar-refractivity contribution in [3.63, 3.8) is 0 Å². The highest BCUT2D eigenvalue weighted by Crippen LogP contribution is 2.41. The van der Waals surface area contributed by atoms with Crippen LogP contribution in [0.4, 0.5) is 0 Å². The Balaban J connectivity index is 0.964. The van der Waals surface area contributed by atoms with Crippen molar-refractivity contribution in [3.05, 3.63) is 231 Å². The molecule has 10 aromatic carbocycles. The van der Waals surface area contributed by atoms with Crippen LogP contribution < -0.4 is 0 Å². The number of fused-ring (bicyclic) bond motifs is 9. The average molecular weight is 819 g/mol. The summed E-state index contributed by atoms with van der Waals surface area (Å²) in [5.74, 6) is 0. The smallest absolute Gasteiger partial charge is 0.0541 e. The van der Waals surface area contributed by atoms with Crippen molar-refractivity contribution in [1.82, 2.24) is 9.13 Å². The molecule has 13 aromatic rings. The van der Waals surface area contributed by atoms with E-state index in [1.807, 2.05) is 11.3 Å². The first-order chi connectivity index (χ1) is 31.2. The molecule has 0 aliphatic heterocycles. The number of benzene rings is 10. The highest BCUT2D eigenvalue weighted by Gasteiger charge is 2.18. The second-order valence-corrected chi connectivity index (χ2v) is 17.6. The average Bonchev–Trinajstić information content (AvgIpc) is 4.01. The van der Waals surface area contributed by atoms with Crippen molar-refractivity contribution in [2.75, 3.05) is 0 Å². The summed E-state index contributed by atoms with van der Waals surface area (Å²) in [6.07, 6.45) is 0. The summed E-state index contributed by atoms with van der Waals surface area (Å²) in [7, 11) is 0. The van der Waals surface area contributed by atoms with E-state index < -0.39 is 0 Å². The number of para-hydroxylation sites is 1. The standard InChI is InChI=1S/C60H38N2S/c1-3-11-39(12-4-1)41-19-21-43(22-20-41)44-25-31-57-52(35-44)53-37-46(27-33-58(53)61(57)47-28-23-42(24-29-47)40-13-5-2-6-14-40)45-26-32-56-51(36-45)49-15-7-9-17-55(49)62(56)48-30-34-60-54(38-48)50-16-8-10-18-59(50)63-60/h1-38H. The number of hydrogen-bond donors (Lipinski definition) is 0. The maximum absolute atomic E-state index is 2.44. The van der Waals surface area contributed by atoms with Gasteiger partial charge >= 0.3 is 0 Å². The summed E-state index contributed by atoms with van der Waals surface area (Å²) in [5, 5.41) is 7.60. The van der Waals surface area contributed by atoms with Crippen LogP contribution in [0.1, 0.15) is 0 Å². The molecule has 0 saturated heterocycles. The van der Waals surface area contributed by atoms with E-state index in [0.29, 0.717) is 0 Å². The second kappa shape index (κ2) is 14.3. The number of rotatable bonds is 6. The summed E-state index contributed by atoms with van der Waals surface area (Å²) >= 11 is 1.86. The molecule has 3 aromatic heterocycles. The van der Waals surface area contributed by atoms with Gasteiger partial charge in [-0.2, -0.15) is 0 Å². The van der Waals surface area contributed by atoms with E-state index in [2.05, 4.69) is 240 Å². The zero-order valence-corrected chi connectivity index (χ0v) is 35.1. The molecule has 0 fully saturated rings. The Morgan fingerprint density at radius 3 is 1.21 bits per heavy atom. The molecule has 294 valence electrons. The van der Waals surface area contributed by atoms with E-state index >= 15 is 0 Å². The summed E-state index contributed by atoms with van der Waals surface area (Å²) < 4.78 is 7.51. The first-order valence-electron chi connectivity index (χ1n) is 21.6. The molecule has 0 saturated carbocycles. The predicted octanol–water partition coefficient (Wildman–Crippen LogP) is 16.9. The van der Waals surface area contributed by atoms with E-state index in [1.54, 1.807) is 0 Å². The molecule has 3 heteroatoms. The number of nitrogens with zero attached hydrogens (tertiary/aromatic N) is 2. The van der Waals surface area contributed by atoms with Gasteiger partial charge in [-0.3, -0.25) is 0 Å². The zero-order chi connectivity index (χ0) is 41.4. The Morgan fingerprint density at radius 1 is 0.222 bits per heavy atom. The summed E-state index contributed by atoms with van der Waals surface area (Å²) in [6.45, 7) is 0. The van der Waals surface area contributed by atoms with E-state index in [0.717, 1.165) is 5.69 Å². The summed E-state index contributed by atoms with van der Waals surface area (Å²) in [4.78, 5) is 0. The molecule has 0 spiro atoms. The molecule has 0 atom stereocenters. The van der Waals surface area contributed by atoms with E-state index in [-0.39, 0.29) is 0 Å². The fourth-order valence-electron chi connectivity index (χ4n) is 9.86. The topological polar surface area (TPSA) is 9.86 Å². The largest absolute Gasteiger partial charge is 0.309 e. The van der Waals surface area contributed by atoms with E-state index in [4.69, 9.17) is 0 Å². The van der Waals surface area contributed by atoms with Crippen LogP contribution in [-0.4, -0.2) is 9.13 Å². The molecule has 0 N–H and O–H groups in total. The van der Waals surface area contributed by atoms with Crippen LogP contribution in [0.15, 0.2) is 231 Å². The Bertz CT molecular complexity index is 3870. The van der Waals surface area contributed by atoms with Crippen molar-refractivity contribution in [3.8, 4) is 55.9 Å². The molecule has 0 amide bonds. The van der Waals surface area contributed by atoms with Crippen LogP contribution in [0.2, 0.25) is 0 Å². The lowest BCUT2D eigenvalue weighted by atomic mass is 9.98. The van der Waals surface area contributed by atoms with Gasteiger partial charge in [-0.1, -0.05) is 152 Å².